The summed E-state index contributed by atoms with van der Waals surface area (Å²) in [5.41, 5.74) is 5.22. The molecule has 5 heteroatoms. The van der Waals surface area contributed by atoms with Crippen molar-refractivity contribution in [3.05, 3.63) is 87.1 Å². The molecule has 0 spiro atoms. The van der Waals surface area contributed by atoms with E-state index in [9.17, 15) is 9.90 Å². The second-order valence-electron chi connectivity index (χ2n) is 6.36. The molecular formula is C22H22N2O3. The van der Waals surface area contributed by atoms with Crippen LogP contribution in [0.5, 0.6) is 5.75 Å². The summed E-state index contributed by atoms with van der Waals surface area (Å²) in [6.45, 7) is 3.91. The summed E-state index contributed by atoms with van der Waals surface area (Å²) in [5.74, 6) is 0.745. The van der Waals surface area contributed by atoms with Crippen LogP contribution in [0.15, 0.2) is 53.7 Å². The molecule has 138 valence electrons. The van der Waals surface area contributed by atoms with E-state index in [0.717, 1.165) is 39.3 Å². The van der Waals surface area contributed by atoms with Gasteiger partial charge >= 0.3 is 0 Å². The summed E-state index contributed by atoms with van der Waals surface area (Å²) in [7, 11) is 1.63. The summed E-state index contributed by atoms with van der Waals surface area (Å²) >= 11 is 0. The third-order valence-electron chi connectivity index (χ3n) is 4.41. The molecule has 5 nitrogen and oxygen atoms in total. The van der Waals surface area contributed by atoms with Crippen LogP contribution in [0.2, 0.25) is 0 Å². The number of aromatic nitrogens is 2. The van der Waals surface area contributed by atoms with Gasteiger partial charge in [-0.3, -0.25) is 14.3 Å². The lowest BCUT2D eigenvalue weighted by Crippen LogP contribution is -2.17. The van der Waals surface area contributed by atoms with Gasteiger partial charge < -0.3 is 9.84 Å². The Morgan fingerprint density at radius 1 is 1.15 bits per heavy atom. The average Bonchev–Trinajstić information content (AvgIpc) is 2.66. The summed E-state index contributed by atoms with van der Waals surface area (Å²) < 4.78 is 7.10. The van der Waals surface area contributed by atoms with E-state index in [1.54, 1.807) is 24.1 Å². The SMILES string of the molecule is COc1c(C)cc(-n2ccncc2=O)cc1C=Cc1ccc(C)cc1CO. The van der Waals surface area contributed by atoms with Gasteiger partial charge in [0.15, 0.2) is 0 Å². The maximum atomic E-state index is 12.1. The molecule has 3 rings (SSSR count). The number of aliphatic hydroxyl groups excluding tert-OH is 1. The van der Waals surface area contributed by atoms with Crippen molar-refractivity contribution >= 4 is 12.2 Å². The maximum Gasteiger partial charge on any atom is 0.273 e. The standard InChI is InChI=1S/C22H22N2O3/c1-15-4-5-17(19(10-15)14-25)6-7-18-12-20(11-16(2)22(18)27-3)24-9-8-23-13-21(24)26/h4-13,25H,14H2,1-3H3. The third kappa shape index (κ3) is 3.99. The second-order valence-corrected chi connectivity index (χ2v) is 6.36. The Kier molecular flexibility index (Phi) is 5.52. The van der Waals surface area contributed by atoms with Gasteiger partial charge in [-0.2, -0.15) is 0 Å². The zero-order chi connectivity index (χ0) is 19.4. The minimum Gasteiger partial charge on any atom is -0.496 e. The number of hydrogen-bond donors (Lipinski definition) is 1. The molecule has 0 aliphatic carbocycles. The highest BCUT2D eigenvalue weighted by atomic mass is 16.5. The molecule has 1 heterocycles. The molecule has 0 amide bonds. The average molecular weight is 362 g/mol. The van der Waals surface area contributed by atoms with Crippen LogP contribution in [0.3, 0.4) is 0 Å². The molecule has 0 unspecified atom stereocenters. The van der Waals surface area contributed by atoms with Gasteiger partial charge in [-0.15, -0.1) is 0 Å². The molecule has 2 aromatic carbocycles. The lowest BCUT2D eigenvalue weighted by atomic mass is 10.0. The first-order chi connectivity index (χ1) is 13.0. The number of nitrogens with zero attached hydrogens (tertiary/aromatic N) is 2. The van der Waals surface area contributed by atoms with Crippen molar-refractivity contribution in [1.29, 1.82) is 0 Å². The van der Waals surface area contributed by atoms with Crippen LogP contribution in [0.4, 0.5) is 0 Å². The van der Waals surface area contributed by atoms with Gasteiger partial charge in [-0.05, 0) is 42.7 Å². The van der Waals surface area contributed by atoms with Gasteiger partial charge in [0, 0.05) is 23.6 Å². The number of methoxy groups -OCH3 is 1. The quantitative estimate of drug-likeness (QED) is 0.706. The fourth-order valence-electron chi connectivity index (χ4n) is 3.10. The smallest absolute Gasteiger partial charge is 0.273 e. The number of benzene rings is 2. The van der Waals surface area contributed by atoms with Crippen molar-refractivity contribution in [2.45, 2.75) is 20.5 Å². The van der Waals surface area contributed by atoms with Crippen molar-refractivity contribution in [2.75, 3.05) is 7.11 Å². The van der Waals surface area contributed by atoms with E-state index in [0.29, 0.717) is 0 Å². The van der Waals surface area contributed by atoms with Crippen LogP contribution in [-0.2, 0) is 6.61 Å². The first kappa shape index (κ1) is 18.6. The van der Waals surface area contributed by atoms with Crippen molar-refractivity contribution in [3.8, 4) is 11.4 Å². The Morgan fingerprint density at radius 3 is 2.63 bits per heavy atom. The van der Waals surface area contributed by atoms with Crippen LogP contribution in [0, 0.1) is 13.8 Å². The van der Waals surface area contributed by atoms with Gasteiger partial charge in [0.1, 0.15) is 5.75 Å². The van der Waals surface area contributed by atoms with E-state index in [1.807, 2.05) is 56.3 Å². The third-order valence-corrected chi connectivity index (χ3v) is 4.41. The molecule has 0 saturated heterocycles. The molecule has 0 fully saturated rings. The van der Waals surface area contributed by atoms with Crippen molar-refractivity contribution in [3.63, 3.8) is 0 Å². The van der Waals surface area contributed by atoms with E-state index >= 15 is 0 Å². The van der Waals surface area contributed by atoms with Crippen LogP contribution < -0.4 is 10.3 Å². The zero-order valence-corrected chi connectivity index (χ0v) is 15.6. The minimum absolute atomic E-state index is 0.0238. The predicted octanol–water partition coefficient (Wildman–Crippen LogP) is 3.52. The number of aliphatic hydroxyl groups is 1. The van der Waals surface area contributed by atoms with Crippen LogP contribution in [0.25, 0.3) is 17.8 Å². The highest BCUT2D eigenvalue weighted by Crippen LogP contribution is 2.28. The number of ether oxygens (including phenoxy) is 1. The van der Waals surface area contributed by atoms with Crippen molar-refractivity contribution < 1.29 is 9.84 Å². The van der Waals surface area contributed by atoms with E-state index in [-0.39, 0.29) is 12.2 Å². The molecule has 0 aliphatic rings. The molecule has 1 aromatic heterocycles. The first-order valence-corrected chi connectivity index (χ1v) is 8.63. The summed E-state index contributed by atoms with van der Waals surface area (Å²) in [5, 5.41) is 9.61. The number of aryl methyl sites for hydroxylation is 2. The van der Waals surface area contributed by atoms with Gasteiger partial charge in [0.2, 0.25) is 0 Å². The van der Waals surface area contributed by atoms with E-state index in [4.69, 9.17) is 4.74 Å². The highest BCUT2D eigenvalue weighted by Gasteiger charge is 2.09. The highest BCUT2D eigenvalue weighted by molar-refractivity contribution is 5.76. The predicted molar refractivity (Wildman–Crippen MR) is 107 cm³/mol. The largest absolute Gasteiger partial charge is 0.496 e. The monoisotopic (exact) mass is 362 g/mol. The number of hydrogen-bond acceptors (Lipinski definition) is 4. The Balaban J connectivity index is 2.09. The summed E-state index contributed by atoms with van der Waals surface area (Å²) in [6.07, 6.45) is 8.39. The minimum atomic E-state index is -0.196. The Morgan fingerprint density at radius 2 is 1.93 bits per heavy atom. The van der Waals surface area contributed by atoms with E-state index < -0.39 is 0 Å². The molecule has 0 bridgehead atoms. The molecule has 0 radical (unpaired) electrons. The lowest BCUT2D eigenvalue weighted by Gasteiger charge is -2.13. The molecule has 0 saturated carbocycles. The Hall–Kier alpha value is -3.18. The zero-order valence-electron chi connectivity index (χ0n) is 15.6. The Labute approximate surface area is 158 Å². The van der Waals surface area contributed by atoms with Gasteiger partial charge in [0.25, 0.3) is 5.56 Å². The van der Waals surface area contributed by atoms with Crippen molar-refractivity contribution in [2.24, 2.45) is 0 Å². The van der Waals surface area contributed by atoms with Crippen LogP contribution in [-0.4, -0.2) is 21.8 Å². The topological polar surface area (TPSA) is 64.4 Å². The fraction of sp³-hybridized carbons (Fsp3) is 0.182. The molecular weight excluding hydrogens is 340 g/mol. The molecule has 27 heavy (non-hydrogen) atoms. The summed E-state index contributed by atoms with van der Waals surface area (Å²) in [6, 6.07) is 9.76. The van der Waals surface area contributed by atoms with Crippen LogP contribution in [0.1, 0.15) is 27.8 Å². The molecule has 0 aliphatic heterocycles. The van der Waals surface area contributed by atoms with Gasteiger partial charge in [0.05, 0.1) is 19.9 Å². The van der Waals surface area contributed by atoms with E-state index in [1.165, 1.54) is 6.20 Å². The van der Waals surface area contributed by atoms with Crippen LogP contribution >= 0.6 is 0 Å². The van der Waals surface area contributed by atoms with Gasteiger partial charge in [-0.25, -0.2) is 0 Å². The molecule has 0 atom stereocenters. The first-order valence-electron chi connectivity index (χ1n) is 8.63. The second kappa shape index (κ2) is 8.01. The van der Waals surface area contributed by atoms with Gasteiger partial charge in [-0.1, -0.05) is 35.9 Å². The van der Waals surface area contributed by atoms with Crippen molar-refractivity contribution in [1.82, 2.24) is 9.55 Å². The lowest BCUT2D eigenvalue weighted by molar-refractivity contribution is 0.281. The van der Waals surface area contributed by atoms with E-state index in [2.05, 4.69) is 4.98 Å². The molecule has 3 aromatic rings. The Bertz CT molecular complexity index is 1050. The number of rotatable bonds is 5. The summed E-state index contributed by atoms with van der Waals surface area (Å²) in [4.78, 5) is 16.0. The molecule has 1 N–H and O–H groups in total. The maximum absolute atomic E-state index is 12.1. The fourth-order valence-corrected chi connectivity index (χ4v) is 3.10. The normalized spacial score (nSPS) is 11.1.